The van der Waals surface area contributed by atoms with Crippen molar-refractivity contribution in [2.24, 2.45) is 11.8 Å². The standard InChI is InChI=1S/C23H28N4O3S/c1-16-11-17(2)13-26(12-16)21(28)15-31-23-25-24-22(18-6-8-19(29-3)9-7-18)27(23)14-20-5-4-10-30-20/h4-10,16-17H,11-15H2,1-3H3. The van der Waals surface area contributed by atoms with E-state index in [-0.39, 0.29) is 5.91 Å². The number of thioether (sulfide) groups is 1. The van der Waals surface area contributed by atoms with Gasteiger partial charge in [0.05, 0.1) is 25.7 Å². The number of carbonyl (C=O) groups is 1. The minimum atomic E-state index is 0.155. The van der Waals surface area contributed by atoms with Crippen LogP contribution in [0.2, 0.25) is 0 Å². The lowest BCUT2D eigenvalue weighted by Gasteiger charge is -2.34. The van der Waals surface area contributed by atoms with Crippen molar-refractivity contribution in [1.82, 2.24) is 19.7 Å². The van der Waals surface area contributed by atoms with Crippen LogP contribution in [0.15, 0.2) is 52.2 Å². The van der Waals surface area contributed by atoms with Crippen LogP contribution in [0.25, 0.3) is 11.4 Å². The van der Waals surface area contributed by atoms with Crippen LogP contribution in [-0.2, 0) is 11.3 Å². The first-order valence-corrected chi connectivity index (χ1v) is 11.5. The third kappa shape index (κ3) is 5.12. The predicted octanol–water partition coefficient (Wildman–Crippen LogP) is 4.19. The number of likely N-dealkylation sites (tertiary alicyclic amines) is 1. The van der Waals surface area contributed by atoms with Gasteiger partial charge in [0.15, 0.2) is 11.0 Å². The SMILES string of the molecule is COc1ccc(-c2nnc(SCC(=O)N3CC(C)CC(C)C3)n2Cc2ccco2)cc1. The number of nitrogens with zero attached hydrogens (tertiary/aromatic N) is 4. The molecule has 164 valence electrons. The normalized spacial score (nSPS) is 18.9. The molecule has 1 saturated heterocycles. The van der Waals surface area contributed by atoms with Crippen LogP contribution in [0.5, 0.6) is 5.75 Å². The summed E-state index contributed by atoms with van der Waals surface area (Å²) >= 11 is 1.43. The number of carbonyl (C=O) groups excluding carboxylic acids is 1. The van der Waals surface area contributed by atoms with Crippen molar-refractivity contribution in [3.8, 4) is 17.1 Å². The summed E-state index contributed by atoms with van der Waals surface area (Å²) in [5, 5.41) is 9.52. The Morgan fingerprint density at radius 1 is 1.16 bits per heavy atom. The lowest BCUT2D eigenvalue weighted by molar-refractivity contribution is -0.130. The van der Waals surface area contributed by atoms with Gasteiger partial charge in [0.1, 0.15) is 11.5 Å². The summed E-state index contributed by atoms with van der Waals surface area (Å²) in [6, 6.07) is 11.5. The summed E-state index contributed by atoms with van der Waals surface area (Å²) in [6.07, 6.45) is 2.83. The zero-order chi connectivity index (χ0) is 21.8. The summed E-state index contributed by atoms with van der Waals surface area (Å²) in [5.41, 5.74) is 0.928. The van der Waals surface area contributed by atoms with Crippen LogP contribution >= 0.6 is 11.8 Å². The second kappa shape index (κ2) is 9.60. The van der Waals surface area contributed by atoms with Gasteiger partial charge in [0.25, 0.3) is 0 Å². The molecule has 3 aromatic rings. The average Bonchev–Trinajstić information content (AvgIpc) is 3.42. The van der Waals surface area contributed by atoms with E-state index in [1.165, 1.54) is 18.2 Å². The number of benzene rings is 1. The Labute approximate surface area is 186 Å². The molecule has 0 saturated carbocycles. The zero-order valence-electron chi connectivity index (χ0n) is 18.2. The third-order valence-corrected chi connectivity index (χ3v) is 6.46. The molecule has 2 aromatic heterocycles. The molecule has 1 aromatic carbocycles. The molecule has 2 atom stereocenters. The van der Waals surface area contributed by atoms with E-state index >= 15 is 0 Å². The van der Waals surface area contributed by atoms with E-state index in [0.29, 0.717) is 29.3 Å². The molecular weight excluding hydrogens is 412 g/mol. The van der Waals surface area contributed by atoms with Crippen LogP contribution in [0.3, 0.4) is 0 Å². The highest BCUT2D eigenvalue weighted by molar-refractivity contribution is 7.99. The summed E-state index contributed by atoms with van der Waals surface area (Å²) in [5.74, 6) is 3.91. The topological polar surface area (TPSA) is 73.4 Å². The molecule has 2 unspecified atom stereocenters. The molecule has 1 fully saturated rings. The fraction of sp³-hybridized carbons (Fsp3) is 0.435. The Kier molecular flexibility index (Phi) is 6.65. The average molecular weight is 441 g/mol. The van der Waals surface area contributed by atoms with E-state index < -0.39 is 0 Å². The fourth-order valence-corrected chi connectivity index (χ4v) is 4.97. The summed E-state index contributed by atoms with van der Waals surface area (Å²) < 4.78 is 12.8. The summed E-state index contributed by atoms with van der Waals surface area (Å²) in [4.78, 5) is 14.8. The molecular formula is C23H28N4O3S. The molecule has 7 nitrogen and oxygen atoms in total. The summed E-state index contributed by atoms with van der Waals surface area (Å²) in [6.45, 7) is 6.59. The van der Waals surface area contributed by atoms with Gasteiger partial charge < -0.3 is 14.1 Å². The van der Waals surface area contributed by atoms with Gasteiger partial charge in [-0.3, -0.25) is 9.36 Å². The largest absolute Gasteiger partial charge is 0.497 e. The number of furan rings is 1. The molecule has 8 heteroatoms. The van der Waals surface area contributed by atoms with Gasteiger partial charge in [-0.1, -0.05) is 25.6 Å². The molecule has 1 amide bonds. The van der Waals surface area contributed by atoms with Crippen molar-refractivity contribution in [1.29, 1.82) is 0 Å². The first-order valence-electron chi connectivity index (χ1n) is 10.5. The Morgan fingerprint density at radius 3 is 2.55 bits per heavy atom. The highest BCUT2D eigenvalue weighted by Gasteiger charge is 2.26. The number of rotatable bonds is 7. The fourth-order valence-electron chi connectivity index (χ4n) is 4.13. The molecule has 0 radical (unpaired) electrons. The molecule has 4 rings (SSSR count). The van der Waals surface area contributed by atoms with Crippen LogP contribution in [-0.4, -0.2) is 51.5 Å². The molecule has 1 aliphatic rings. The van der Waals surface area contributed by atoms with E-state index in [4.69, 9.17) is 9.15 Å². The van der Waals surface area contributed by atoms with Gasteiger partial charge in [-0.25, -0.2) is 0 Å². The Morgan fingerprint density at radius 2 is 1.90 bits per heavy atom. The quantitative estimate of drug-likeness (QED) is 0.513. The summed E-state index contributed by atoms with van der Waals surface area (Å²) in [7, 11) is 1.64. The maximum atomic E-state index is 12.9. The number of hydrogen-bond acceptors (Lipinski definition) is 6. The second-order valence-electron chi connectivity index (χ2n) is 8.23. The number of hydrogen-bond donors (Lipinski definition) is 0. The molecule has 31 heavy (non-hydrogen) atoms. The third-order valence-electron chi connectivity index (χ3n) is 5.51. The number of piperidine rings is 1. The van der Waals surface area contributed by atoms with Crippen molar-refractivity contribution in [2.45, 2.75) is 32.0 Å². The van der Waals surface area contributed by atoms with Crippen molar-refractivity contribution in [3.63, 3.8) is 0 Å². The van der Waals surface area contributed by atoms with Gasteiger partial charge >= 0.3 is 0 Å². The van der Waals surface area contributed by atoms with Crippen LogP contribution in [0, 0.1) is 11.8 Å². The Hall–Kier alpha value is -2.74. The Bertz CT molecular complexity index is 991. The van der Waals surface area contributed by atoms with Crippen LogP contribution in [0.1, 0.15) is 26.0 Å². The van der Waals surface area contributed by atoms with E-state index in [2.05, 4.69) is 24.0 Å². The van der Waals surface area contributed by atoms with E-state index in [1.807, 2.05) is 45.9 Å². The lowest BCUT2D eigenvalue weighted by Crippen LogP contribution is -2.43. The van der Waals surface area contributed by atoms with Crippen LogP contribution in [0.4, 0.5) is 0 Å². The van der Waals surface area contributed by atoms with Gasteiger partial charge in [-0.2, -0.15) is 0 Å². The van der Waals surface area contributed by atoms with Gasteiger partial charge in [0, 0.05) is 18.7 Å². The molecule has 0 N–H and O–H groups in total. The zero-order valence-corrected chi connectivity index (χ0v) is 19.0. The number of amides is 1. The smallest absolute Gasteiger partial charge is 0.233 e. The molecule has 3 heterocycles. The monoisotopic (exact) mass is 440 g/mol. The maximum Gasteiger partial charge on any atom is 0.233 e. The van der Waals surface area contributed by atoms with Crippen molar-refractivity contribution < 1.29 is 13.9 Å². The number of methoxy groups -OCH3 is 1. The minimum Gasteiger partial charge on any atom is -0.497 e. The first-order chi connectivity index (χ1) is 15.0. The highest BCUT2D eigenvalue weighted by Crippen LogP contribution is 2.28. The van der Waals surface area contributed by atoms with Gasteiger partial charge in [0.2, 0.25) is 5.91 Å². The van der Waals surface area contributed by atoms with Gasteiger partial charge in [-0.15, -0.1) is 10.2 Å². The Balaban J connectivity index is 1.53. The van der Waals surface area contributed by atoms with Crippen LogP contribution < -0.4 is 4.74 Å². The molecule has 0 spiro atoms. The molecule has 1 aliphatic heterocycles. The maximum absolute atomic E-state index is 12.9. The van der Waals surface area contributed by atoms with E-state index in [0.717, 1.165) is 36.0 Å². The first kappa shape index (κ1) is 21.5. The van der Waals surface area contributed by atoms with E-state index in [9.17, 15) is 4.79 Å². The van der Waals surface area contributed by atoms with Crippen molar-refractivity contribution >= 4 is 17.7 Å². The minimum absolute atomic E-state index is 0.155. The van der Waals surface area contributed by atoms with E-state index in [1.54, 1.807) is 13.4 Å². The van der Waals surface area contributed by atoms with Crippen molar-refractivity contribution in [2.75, 3.05) is 26.0 Å². The molecule has 0 aliphatic carbocycles. The second-order valence-corrected chi connectivity index (χ2v) is 9.18. The van der Waals surface area contributed by atoms with Gasteiger partial charge in [-0.05, 0) is 54.7 Å². The van der Waals surface area contributed by atoms with Crippen molar-refractivity contribution in [3.05, 3.63) is 48.4 Å². The lowest BCUT2D eigenvalue weighted by atomic mass is 9.92. The number of aromatic nitrogens is 3. The highest BCUT2D eigenvalue weighted by atomic mass is 32.2. The molecule has 0 bridgehead atoms. The predicted molar refractivity (Wildman–Crippen MR) is 120 cm³/mol. The number of ether oxygens (including phenoxy) is 1.